The predicted octanol–water partition coefficient (Wildman–Crippen LogP) is 1.13. The Morgan fingerprint density at radius 3 is 2.89 bits per heavy atom. The fourth-order valence-corrected chi connectivity index (χ4v) is 2.26. The molecule has 0 saturated carbocycles. The van der Waals surface area contributed by atoms with Crippen LogP contribution >= 0.6 is 0 Å². The minimum atomic E-state index is 0.532. The summed E-state index contributed by atoms with van der Waals surface area (Å²) in [5.74, 6) is 0.617. The van der Waals surface area contributed by atoms with Crippen molar-refractivity contribution in [1.82, 2.24) is 10.2 Å². The molecule has 1 aromatic carbocycles. The Balaban J connectivity index is 1.78. The number of anilines is 1. The van der Waals surface area contributed by atoms with E-state index in [0.717, 1.165) is 19.5 Å². The minimum Gasteiger partial charge on any atom is -0.408 e. The van der Waals surface area contributed by atoms with E-state index in [2.05, 4.69) is 39.4 Å². The third-order valence-corrected chi connectivity index (χ3v) is 3.22. The van der Waals surface area contributed by atoms with Crippen LogP contribution in [0.1, 0.15) is 17.0 Å². The molecule has 3 rings (SSSR count). The Kier molecular flexibility index (Phi) is 2.98. The van der Waals surface area contributed by atoms with Crippen molar-refractivity contribution in [3.8, 4) is 0 Å². The molecular formula is C13H16N4O. The van der Waals surface area contributed by atoms with Gasteiger partial charge in [0.25, 0.3) is 0 Å². The number of nitrogens with zero attached hydrogens (tertiary/aromatic N) is 3. The molecule has 0 atom stereocenters. The van der Waals surface area contributed by atoms with Crippen LogP contribution in [0.5, 0.6) is 0 Å². The molecule has 94 valence electrons. The highest BCUT2D eigenvalue weighted by molar-refractivity contribution is 5.37. The zero-order valence-corrected chi connectivity index (χ0v) is 10.2. The standard InChI is InChI=1S/C13H16N4O/c14-7-5-12-15-16-13(18-12)17-8-6-10-3-1-2-4-11(10)9-17/h1-4H,5-9,14H2. The predicted molar refractivity (Wildman–Crippen MR) is 68.3 cm³/mol. The van der Waals surface area contributed by atoms with Crippen LogP contribution in [0.25, 0.3) is 0 Å². The Morgan fingerprint density at radius 2 is 2.06 bits per heavy atom. The van der Waals surface area contributed by atoms with Crippen molar-refractivity contribution < 1.29 is 4.42 Å². The molecule has 18 heavy (non-hydrogen) atoms. The van der Waals surface area contributed by atoms with Crippen molar-refractivity contribution in [2.45, 2.75) is 19.4 Å². The summed E-state index contributed by atoms with van der Waals surface area (Å²) < 4.78 is 5.60. The minimum absolute atomic E-state index is 0.532. The average molecular weight is 244 g/mol. The second-order valence-electron chi connectivity index (χ2n) is 4.46. The summed E-state index contributed by atoms with van der Waals surface area (Å²) in [6.45, 7) is 2.28. The van der Waals surface area contributed by atoms with E-state index < -0.39 is 0 Å². The van der Waals surface area contributed by atoms with Crippen LogP contribution in [0, 0.1) is 0 Å². The summed E-state index contributed by atoms with van der Waals surface area (Å²) in [7, 11) is 0. The normalized spacial score (nSPS) is 14.6. The third-order valence-electron chi connectivity index (χ3n) is 3.22. The van der Waals surface area contributed by atoms with Crippen molar-refractivity contribution in [1.29, 1.82) is 0 Å². The van der Waals surface area contributed by atoms with Gasteiger partial charge in [0.05, 0.1) is 0 Å². The smallest absolute Gasteiger partial charge is 0.318 e. The molecule has 0 amide bonds. The fraction of sp³-hybridized carbons (Fsp3) is 0.385. The summed E-state index contributed by atoms with van der Waals surface area (Å²) in [6, 6.07) is 9.09. The molecule has 0 radical (unpaired) electrons. The number of fused-ring (bicyclic) bond motifs is 1. The van der Waals surface area contributed by atoms with Crippen molar-refractivity contribution in [2.75, 3.05) is 18.0 Å². The van der Waals surface area contributed by atoms with Gasteiger partial charge in [0.15, 0.2) is 0 Å². The van der Waals surface area contributed by atoms with E-state index in [1.807, 2.05) is 0 Å². The first-order chi connectivity index (χ1) is 8.86. The quantitative estimate of drug-likeness (QED) is 0.876. The van der Waals surface area contributed by atoms with Gasteiger partial charge in [-0.15, -0.1) is 5.10 Å². The lowest BCUT2D eigenvalue weighted by Crippen LogP contribution is -2.30. The second kappa shape index (κ2) is 4.78. The first-order valence-corrected chi connectivity index (χ1v) is 6.21. The van der Waals surface area contributed by atoms with Gasteiger partial charge in [-0.1, -0.05) is 29.4 Å². The topological polar surface area (TPSA) is 68.2 Å². The SMILES string of the molecule is NCCc1nnc(N2CCc3ccccc3C2)o1. The zero-order valence-electron chi connectivity index (χ0n) is 10.2. The number of nitrogens with two attached hydrogens (primary N) is 1. The van der Waals surface area contributed by atoms with Gasteiger partial charge in [0, 0.05) is 26.1 Å². The van der Waals surface area contributed by atoms with Crippen molar-refractivity contribution >= 4 is 6.01 Å². The fourth-order valence-electron chi connectivity index (χ4n) is 2.26. The summed E-state index contributed by atoms with van der Waals surface area (Å²) in [6.07, 6.45) is 1.65. The van der Waals surface area contributed by atoms with E-state index in [1.165, 1.54) is 11.1 Å². The van der Waals surface area contributed by atoms with E-state index in [0.29, 0.717) is 24.9 Å². The highest BCUT2D eigenvalue weighted by Gasteiger charge is 2.20. The number of hydrogen-bond acceptors (Lipinski definition) is 5. The van der Waals surface area contributed by atoms with Crippen molar-refractivity contribution in [3.05, 3.63) is 41.3 Å². The van der Waals surface area contributed by atoms with Crippen molar-refractivity contribution in [2.24, 2.45) is 5.73 Å². The molecule has 1 aliphatic rings. The number of hydrogen-bond donors (Lipinski definition) is 1. The van der Waals surface area contributed by atoms with Gasteiger partial charge in [0.2, 0.25) is 5.89 Å². The molecule has 1 aromatic heterocycles. The van der Waals surface area contributed by atoms with Crippen LogP contribution in [0.2, 0.25) is 0 Å². The van der Waals surface area contributed by atoms with Crippen LogP contribution in [-0.4, -0.2) is 23.3 Å². The largest absolute Gasteiger partial charge is 0.408 e. The van der Waals surface area contributed by atoms with Gasteiger partial charge in [-0.3, -0.25) is 0 Å². The van der Waals surface area contributed by atoms with Crippen LogP contribution in [0.3, 0.4) is 0 Å². The average Bonchev–Trinajstić information content (AvgIpc) is 2.87. The Labute approximate surface area is 106 Å². The van der Waals surface area contributed by atoms with Crippen LogP contribution in [-0.2, 0) is 19.4 Å². The lowest BCUT2D eigenvalue weighted by Gasteiger charge is -2.26. The molecule has 5 nitrogen and oxygen atoms in total. The molecule has 2 N–H and O–H groups in total. The van der Waals surface area contributed by atoms with Gasteiger partial charge in [-0.2, -0.15) is 0 Å². The monoisotopic (exact) mass is 244 g/mol. The lowest BCUT2D eigenvalue weighted by molar-refractivity contribution is 0.478. The molecule has 0 bridgehead atoms. The number of aromatic nitrogens is 2. The summed E-state index contributed by atoms with van der Waals surface area (Å²) in [4.78, 5) is 2.12. The van der Waals surface area contributed by atoms with Gasteiger partial charge in [-0.05, 0) is 17.5 Å². The van der Waals surface area contributed by atoms with Gasteiger partial charge in [-0.25, -0.2) is 0 Å². The van der Waals surface area contributed by atoms with Crippen LogP contribution in [0.4, 0.5) is 6.01 Å². The van der Waals surface area contributed by atoms with E-state index in [-0.39, 0.29) is 0 Å². The maximum atomic E-state index is 5.60. The van der Waals surface area contributed by atoms with Crippen LogP contribution < -0.4 is 10.6 Å². The Hall–Kier alpha value is -1.88. The maximum absolute atomic E-state index is 5.60. The van der Waals surface area contributed by atoms with E-state index in [1.54, 1.807) is 0 Å². The molecular weight excluding hydrogens is 228 g/mol. The van der Waals surface area contributed by atoms with Crippen molar-refractivity contribution in [3.63, 3.8) is 0 Å². The zero-order chi connectivity index (χ0) is 12.4. The molecule has 2 heterocycles. The first kappa shape index (κ1) is 11.2. The molecule has 0 aliphatic carbocycles. The van der Waals surface area contributed by atoms with E-state index in [4.69, 9.17) is 10.2 Å². The lowest BCUT2D eigenvalue weighted by atomic mass is 10.0. The molecule has 1 aliphatic heterocycles. The van der Waals surface area contributed by atoms with E-state index in [9.17, 15) is 0 Å². The van der Waals surface area contributed by atoms with E-state index >= 15 is 0 Å². The molecule has 2 aromatic rings. The van der Waals surface area contributed by atoms with Gasteiger partial charge >= 0.3 is 6.01 Å². The summed E-state index contributed by atoms with van der Waals surface area (Å²) >= 11 is 0. The first-order valence-electron chi connectivity index (χ1n) is 6.21. The van der Waals surface area contributed by atoms with Gasteiger partial charge < -0.3 is 15.1 Å². The second-order valence-corrected chi connectivity index (χ2v) is 4.46. The molecule has 0 spiro atoms. The Morgan fingerprint density at radius 1 is 1.22 bits per heavy atom. The molecule has 0 saturated heterocycles. The molecule has 5 heteroatoms. The third kappa shape index (κ3) is 2.09. The van der Waals surface area contributed by atoms with Gasteiger partial charge in [0.1, 0.15) is 0 Å². The molecule has 0 unspecified atom stereocenters. The number of benzene rings is 1. The highest BCUT2D eigenvalue weighted by atomic mass is 16.4. The number of rotatable bonds is 3. The van der Waals surface area contributed by atoms with Crippen LogP contribution in [0.15, 0.2) is 28.7 Å². The summed E-state index contributed by atoms with van der Waals surface area (Å²) in [5, 5.41) is 8.08. The Bertz CT molecular complexity index is 537. The summed E-state index contributed by atoms with van der Waals surface area (Å²) in [5.41, 5.74) is 8.22. The molecule has 0 fully saturated rings. The highest BCUT2D eigenvalue weighted by Crippen LogP contribution is 2.23. The maximum Gasteiger partial charge on any atom is 0.318 e.